The summed E-state index contributed by atoms with van der Waals surface area (Å²) >= 11 is 0. The summed E-state index contributed by atoms with van der Waals surface area (Å²) < 4.78 is 7.50. The van der Waals surface area contributed by atoms with E-state index in [2.05, 4.69) is 17.0 Å². The van der Waals surface area contributed by atoms with E-state index in [9.17, 15) is 0 Å². The second kappa shape index (κ2) is 6.16. The van der Waals surface area contributed by atoms with E-state index in [1.165, 1.54) is 24.1 Å². The van der Waals surface area contributed by atoms with E-state index in [0.717, 1.165) is 25.1 Å². The molecule has 0 bridgehead atoms. The highest BCUT2D eigenvalue weighted by atomic mass is 16.5. The highest BCUT2D eigenvalue weighted by Gasteiger charge is 2.22. The fourth-order valence-electron chi connectivity index (χ4n) is 2.47. The van der Waals surface area contributed by atoms with Gasteiger partial charge in [-0.15, -0.1) is 0 Å². The molecule has 0 aliphatic heterocycles. The van der Waals surface area contributed by atoms with Crippen LogP contribution in [0.1, 0.15) is 37.1 Å². The Labute approximate surface area is 109 Å². The van der Waals surface area contributed by atoms with Gasteiger partial charge in [-0.25, -0.2) is 0 Å². The first-order valence-electron chi connectivity index (χ1n) is 6.64. The highest BCUT2D eigenvalue weighted by molar-refractivity contribution is 5.24. The van der Waals surface area contributed by atoms with Crippen LogP contribution in [0.4, 0.5) is 0 Å². The van der Waals surface area contributed by atoms with Gasteiger partial charge in [0, 0.05) is 30.9 Å². The fourth-order valence-corrected chi connectivity index (χ4v) is 2.47. The lowest BCUT2D eigenvalue weighted by atomic mass is 9.93. The van der Waals surface area contributed by atoms with Gasteiger partial charge in [-0.2, -0.15) is 5.10 Å². The molecular formula is C14H23N3O. The predicted octanol–water partition coefficient (Wildman–Crippen LogP) is 1.98. The van der Waals surface area contributed by atoms with Gasteiger partial charge >= 0.3 is 0 Å². The van der Waals surface area contributed by atoms with Gasteiger partial charge in [0.2, 0.25) is 0 Å². The molecule has 0 radical (unpaired) electrons. The zero-order chi connectivity index (χ0) is 13.0. The lowest BCUT2D eigenvalue weighted by Crippen LogP contribution is -2.28. The van der Waals surface area contributed by atoms with Gasteiger partial charge in [-0.1, -0.05) is 12.2 Å². The smallest absolute Gasteiger partial charge is 0.0672 e. The van der Waals surface area contributed by atoms with E-state index in [1.807, 2.05) is 24.9 Å². The number of ether oxygens (including phenoxy) is 1. The number of rotatable bonds is 6. The van der Waals surface area contributed by atoms with Crippen molar-refractivity contribution in [3.05, 3.63) is 29.6 Å². The Balaban J connectivity index is 1.79. The zero-order valence-electron chi connectivity index (χ0n) is 11.4. The molecule has 1 aliphatic carbocycles. The molecule has 1 N–H and O–H groups in total. The Morgan fingerprint density at radius 1 is 1.67 bits per heavy atom. The van der Waals surface area contributed by atoms with Crippen molar-refractivity contribution in [2.45, 2.75) is 32.2 Å². The van der Waals surface area contributed by atoms with Crippen LogP contribution < -0.4 is 5.32 Å². The zero-order valence-corrected chi connectivity index (χ0v) is 11.4. The first kappa shape index (κ1) is 13.3. The van der Waals surface area contributed by atoms with Crippen LogP contribution in [0.2, 0.25) is 0 Å². The van der Waals surface area contributed by atoms with Crippen molar-refractivity contribution in [1.82, 2.24) is 15.1 Å². The molecule has 0 saturated heterocycles. The molecule has 1 aromatic rings. The molecule has 0 fully saturated rings. The van der Waals surface area contributed by atoms with E-state index >= 15 is 0 Å². The maximum absolute atomic E-state index is 5.50. The van der Waals surface area contributed by atoms with Crippen molar-refractivity contribution in [1.29, 1.82) is 0 Å². The summed E-state index contributed by atoms with van der Waals surface area (Å²) in [5.74, 6) is 0. The standard InChI is InChI=1S/C14H23N3O/c1-11(2)10-18-8-7-15-13-5-4-6-14-12(13)9-16-17(14)3/h9,13,15H,1,4-8,10H2,2-3H3. The van der Waals surface area contributed by atoms with E-state index in [0.29, 0.717) is 12.6 Å². The molecule has 1 unspecified atom stereocenters. The molecule has 0 amide bonds. The second-order valence-electron chi connectivity index (χ2n) is 5.08. The van der Waals surface area contributed by atoms with Gasteiger partial charge in [0.15, 0.2) is 0 Å². The highest BCUT2D eigenvalue weighted by Crippen LogP contribution is 2.28. The minimum absolute atomic E-state index is 0.441. The molecule has 1 aromatic heterocycles. The number of hydrogen-bond donors (Lipinski definition) is 1. The van der Waals surface area contributed by atoms with Gasteiger partial charge < -0.3 is 10.1 Å². The quantitative estimate of drug-likeness (QED) is 0.619. The fraction of sp³-hybridized carbons (Fsp3) is 0.643. The average Bonchev–Trinajstić information content (AvgIpc) is 2.71. The number of aromatic nitrogens is 2. The van der Waals surface area contributed by atoms with Crippen molar-refractivity contribution in [3.63, 3.8) is 0 Å². The molecule has 4 heteroatoms. The Kier molecular flexibility index (Phi) is 4.55. The van der Waals surface area contributed by atoms with Crippen molar-refractivity contribution >= 4 is 0 Å². The first-order valence-corrected chi connectivity index (χ1v) is 6.64. The van der Waals surface area contributed by atoms with Crippen LogP contribution in [-0.2, 0) is 18.2 Å². The molecule has 1 atom stereocenters. The monoisotopic (exact) mass is 249 g/mol. The van der Waals surface area contributed by atoms with Crippen LogP contribution in [-0.4, -0.2) is 29.5 Å². The van der Waals surface area contributed by atoms with E-state index in [1.54, 1.807) is 0 Å². The second-order valence-corrected chi connectivity index (χ2v) is 5.08. The predicted molar refractivity (Wildman–Crippen MR) is 72.5 cm³/mol. The summed E-state index contributed by atoms with van der Waals surface area (Å²) in [6, 6.07) is 0.441. The number of aryl methyl sites for hydroxylation is 1. The van der Waals surface area contributed by atoms with Crippen molar-refractivity contribution in [3.8, 4) is 0 Å². The summed E-state index contributed by atoms with van der Waals surface area (Å²) in [7, 11) is 2.02. The van der Waals surface area contributed by atoms with Gasteiger partial charge in [-0.3, -0.25) is 4.68 Å². The molecule has 4 nitrogen and oxygen atoms in total. The number of nitrogens with one attached hydrogen (secondary N) is 1. The molecule has 2 rings (SSSR count). The largest absolute Gasteiger partial charge is 0.376 e. The lowest BCUT2D eigenvalue weighted by molar-refractivity contribution is 0.154. The SMILES string of the molecule is C=C(C)COCCNC1CCCc2c1cnn2C. The lowest BCUT2D eigenvalue weighted by Gasteiger charge is -2.23. The third-order valence-electron chi connectivity index (χ3n) is 3.36. The Bertz CT molecular complexity index is 411. The first-order chi connectivity index (χ1) is 8.68. The third-order valence-corrected chi connectivity index (χ3v) is 3.36. The molecule has 100 valence electrons. The summed E-state index contributed by atoms with van der Waals surface area (Å²) in [5.41, 5.74) is 3.81. The van der Waals surface area contributed by atoms with Crippen LogP contribution in [0.5, 0.6) is 0 Å². The summed E-state index contributed by atoms with van der Waals surface area (Å²) in [4.78, 5) is 0. The average molecular weight is 249 g/mol. The summed E-state index contributed by atoms with van der Waals surface area (Å²) in [5, 5.41) is 7.91. The van der Waals surface area contributed by atoms with Crippen LogP contribution in [0.3, 0.4) is 0 Å². The minimum atomic E-state index is 0.441. The third kappa shape index (κ3) is 3.21. The van der Waals surface area contributed by atoms with Crippen molar-refractivity contribution in [2.75, 3.05) is 19.8 Å². The summed E-state index contributed by atoms with van der Waals surface area (Å²) in [6.45, 7) is 8.07. The Morgan fingerprint density at radius 2 is 2.50 bits per heavy atom. The normalized spacial score (nSPS) is 18.7. The van der Waals surface area contributed by atoms with Crippen LogP contribution in [0, 0.1) is 0 Å². The Morgan fingerprint density at radius 3 is 3.28 bits per heavy atom. The minimum Gasteiger partial charge on any atom is -0.376 e. The molecule has 1 heterocycles. The molecule has 18 heavy (non-hydrogen) atoms. The summed E-state index contributed by atoms with van der Waals surface area (Å²) in [6.07, 6.45) is 5.58. The van der Waals surface area contributed by atoms with Gasteiger partial charge in [0.25, 0.3) is 0 Å². The van der Waals surface area contributed by atoms with Gasteiger partial charge in [-0.05, 0) is 26.2 Å². The van der Waals surface area contributed by atoms with E-state index < -0.39 is 0 Å². The Hall–Kier alpha value is -1.13. The van der Waals surface area contributed by atoms with Crippen molar-refractivity contribution < 1.29 is 4.74 Å². The van der Waals surface area contributed by atoms with Crippen LogP contribution in [0.25, 0.3) is 0 Å². The van der Waals surface area contributed by atoms with Crippen LogP contribution in [0.15, 0.2) is 18.3 Å². The maximum atomic E-state index is 5.50. The van der Waals surface area contributed by atoms with E-state index in [-0.39, 0.29) is 0 Å². The molecule has 1 aliphatic rings. The molecular weight excluding hydrogens is 226 g/mol. The molecule has 0 spiro atoms. The van der Waals surface area contributed by atoms with Crippen molar-refractivity contribution in [2.24, 2.45) is 7.05 Å². The topological polar surface area (TPSA) is 39.1 Å². The van der Waals surface area contributed by atoms with Gasteiger partial charge in [0.05, 0.1) is 19.4 Å². The molecule has 0 saturated carbocycles. The molecule has 0 aromatic carbocycles. The number of hydrogen-bond acceptors (Lipinski definition) is 3. The van der Waals surface area contributed by atoms with Gasteiger partial charge in [0.1, 0.15) is 0 Å². The number of fused-ring (bicyclic) bond motifs is 1. The van der Waals surface area contributed by atoms with Crippen LogP contribution >= 0.6 is 0 Å². The maximum Gasteiger partial charge on any atom is 0.0672 e. The number of nitrogens with zero attached hydrogens (tertiary/aromatic N) is 2. The van der Waals surface area contributed by atoms with E-state index in [4.69, 9.17) is 4.74 Å².